The molecule has 2 heteroatoms. The Bertz CT molecular complexity index is 570. The molecule has 82 valence electrons. The minimum atomic E-state index is 0.589. The lowest BCUT2D eigenvalue weighted by molar-refractivity contribution is 0.936. The van der Waals surface area contributed by atoms with E-state index >= 15 is 0 Å². The summed E-state index contributed by atoms with van der Waals surface area (Å²) in [7, 11) is 2.07. The van der Waals surface area contributed by atoms with Crippen LogP contribution in [0.3, 0.4) is 0 Å². The van der Waals surface area contributed by atoms with Crippen LogP contribution in [-0.2, 0) is 13.5 Å². The highest BCUT2D eigenvalue weighted by Crippen LogP contribution is 2.26. The number of nitriles is 1. The molecule has 0 spiro atoms. The third-order valence-corrected chi connectivity index (χ3v) is 3.26. The standard InChI is InChI=1S/C14H16N2/c1-10-6-7-13-12(5-4-8-15)9-16(3)14(13)11(10)2/h6-7,9H,4-5H2,1-3H3. The van der Waals surface area contributed by atoms with Gasteiger partial charge < -0.3 is 4.57 Å². The number of hydrogen-bond donors (Lipinski definition) is 0. The highest BCUT2D eigenvalue weighted by molar-refractivity contribution is 5.87. The van der Waals surface area contributed by atoms with Crippen molar-refractivity contribution in [3.63, 3.8) is 0 Å². The summed E-state index contributed by atoms with van der Waals surface area (Å²) in [4.78, 5) is 0. The number of aromatic nitrogens is 1. The smallest absolute Gasteiger partial charge is 0.0625 e. The Labute approximate surface area is 96.1 Å². The average Bonchev–Trinajstić information content (AvgIpc) is 2.58. The first-order chi connectivity index (χ1) is 7.65. The van der Waals surface area contributed by atoms with E-state index < -0.39 is 0 Å². The van der Waals surface area contributed by atoms with Gasteiger partial charge in [0.25, 0.3) is 0 Å². The monoisotopic (exact) mass is 212 g/mol. The summed E-state index contributed by atoms with van der Waals surface area (Å²) < 4.78 is 2.17. The van der Waals surface area contributed by atoms with Crippen molar-refractivity contribution >= 4 is 10.9 Å². The molecule has 0 fully saturated rings. The van der Waals surface area contributed by atoms with Gasteiger partial charge in [0.2, 0.25) is 0 Å². The number of hydrogen-bond acceptors (Lipinski definition) is 1. The Hall–Kier alpha value is -1.75. The number of benzene rings is 1. The van der Waals surface area contributed by atoms with E-state index in [1.54, 1.807) is 0 Å². The van der Waals surface area contributed by atoms with Gasteiger partial charge in [-0.15, -0.1) is 0 Å². The fourth-order valence-electron chi connectivity index (χ4n) is 2.27. The van der Waals surface area contributed by atoms with E-state index in [0.29, 0.717) is 6.42 Å². The van der Waals surface area contributed by atoms with Gasteiger partial charge in [-0.25, -0.2) is 0 Å². The summed E-state index contributed by atoms with van der Waals surface area (Å²) in [6.07, 6.45) is 3.58. The van der Waals surface area contributed by atoms with Gasteiger partial charge in [-0.1, -0.05) is 12.1 Å². The Morgan fingerprint density at radius 2 is 2.06 bits per heavy atom. The fourth-order valence-corrected chi connectivity index (χ4v) is 2.27. The summed E-state index contributed by atoms with van der Waals surface area (Å²) in [5.74, 6) is 0. The average molecular weight is 212 g/mol. The quantitative estimate of drug-likeness (QED) is 0.751. The first-order valence-electron chi connectivity index (χ1n) is 5.56. The van der Waals surface area contributed by atoms with Crippen LogP contribution in [0.5, 0.6) is 0 Å². The molecule has 2 rings (SSSR count). The molecule has 0 aliphatic heterocycles. The van der Waals surface area contributed by atoms with Crippen LogP contribution in [0.15, 0.2) is 18.3 Å². The summed E-state index contributed by atoms with van der Waals surface area (Å²) in [6, 6.07) is 6.54. The van der Waals surface area contributed by atoms with E-state index in [0.717, 1.165) is 6.42 Å². The summed E-state index contributed by atoms with van der Waals surface area (Å²) in [5, 5.41) is 9.94. The van der Waals surface area contributed by atoms with Crippen LogP contribution in [0, 0.1) is 25.2 Å². The van der Waals surface area contributed by atoms with Crippen molar-refractivity contribution in [2.24, 2.45) is 7.05 Å². The Morgan fingerprint density at radius 3 is 2.75 bits per heavy atom. The fraction of sp³-hybridized carbons (Fsp3) is 0.357. The molecule has 0 aliphatic rings. The molecule has 2 nitrogen and oxygen atoms in total. The Kier molecular flexibility index (Phi) is 2.70. The van der Waals surface area contributed by atoms with Crippen LogP contribution in [0.1, 0.15) is 23.1 Å². The molecule has 0 bridgehead atoms. The minimum absolute atomic E-state index is 0.589. The lowest BCUT2D eigenvalue weighted by Crippen LogP contribution is -1.89. The molecule has 0 amide bonds. The number of fused-ring (bicyclic) bond motifs is 1. The topological polar surface area (TPSA) is 28.7 Å². The summed E-state index contributed by atoms with van der Waals surface area (Å²) >= 11 is 0. The van der Waals surface area contributed by atoms with Gasteiger partial charge in [0.1, 0.15) is 0 Å². The van der Waals surface area contributed by atoms with Crippen molar-refractivity contribution in [2.45, 2.75) is 26.7 Å². The van der Waals surface area contributed by atoms with Crippen LogP contribution >= 0.6 is 0 Å². The van der Waals surface area contributed by atoms with Gasteiger partial charge >= 0.3 is 0 Å². The van der Waals surface area contributed by atoms with Gasteiger partial charge in [0, 0.05) is 25.1 Å². The van der Waals surface area contributed by atoms with Crippen molar-refractivity contribution in [2.75, 3.05) is 0 Å². The molecule has 1 aromatic carbocycles. The molecular formula is C14H16N2. The second-order valence-electron chi connectivity index (χ2n) is 4.33. The zero-order valence-electron chi connectivity index (χ0n) is 10.0. The van der Waals surface area contributed by atoms with Crippen LogP contribution in [-0.4, -0.2) is 4.57 Å². The number of aryl methyl sites for hydroxylation is 4. The second kappa shape index (κ2) is 4.02. The largest absolute Gasteiger partial charge is 0.350 e. The third-order valence-electron chi connectivity index (χ3n) is 3.26. The maximum absolute atomic E-state index is 8.65. The molecule has 0 radical (unpaired) electrons. The first-order valence-corrected chi connectivity index (χ1v) is 5.56. The van der Waals surface area contributed by atoms with Gasteiger partial charge in [-0.3, -0.25) is 0 Å². The van der Waals surface area contributed by atoms with E-state index in [1.807, 2.05) is 0 Å². The normalized spacial score (nSPS) is 10.6. The molecule has 0 saturated carbocycles. The lowest BCUT2D eigenvalue weighted by atomic mass is 10.0. The van der Waals surface area contributed by atoms with E-state index in [-0.39, 0.29) is 0 Å². The molecule has 0 saturated heterocycles. The lowest BCUT2D eigenvalue weighted by Gasteiger charge is -2.04. The van der Waals surface area contributed by atoms with Crippen molar-refractivity contribution < 1.29 is 0 Å². The highest BCUT2D eigenvalue weighted by atomic mass is 14.9. The molecule has 2 aromatic rings. The maximum atomic E-state index is 8.65. The minimum Gasteiger partial charge on any atom is -0.350 e. The molecule has 16 heavy (non-hydrogen) atoms. The van der Waals surface area contributed by atoms with Crippen LogP contribution < -0.4 is 0 Å². The van der Waals surface area contributed by atoms with Crippen molar-refractivity contribution in [1.29, 1.82) is 5.26 Å². The van der Waals surface area contributed by atoms with Crippen LogP contribution in [0.25, 0.3) is 10.9 Å². The van der Waals surface area contributed by atoms with E-state index in [2.05, 4.69) is 49.9 Å². The molecule has 1 aromatic heterocycles. The van der Waals surface area contributed by atoms with Crippen molar-refractivity contribution in [3.8, 4) is 6.07 Å². The second-order valence-corrected chi connectivity index (χ2v) is 4.33. The van der Waals surface area contributed by atoms with Gasteiger partial charge in [-0.05, 0) is 37.0 Å². The molecule has 0 N–H and O–H groups in total. The first kappa shape index (κ1) is 10.8. The predicted octanol–water partition coefficient (Wildman–Crippen LogP) is 3.25. The third kappa shape index (κ3) is 1.59. The molecule has 0 aliphatic carbocycles. The van der Waals surface area contributed by atoms with Gasteiger partial charge in [0.15, 0.2) is 0 Å². The van der Waals surface area contributed by atoms with Crippen LogP contribution in [0.4, 0.5) is 0 Å². The predicted molar refractivity (Wildman–Crippen MR) is 66.3 cm³/mol. The van der Waals surface area contributed by atoms with Crippen molar-refractivity contribution in [1.82, 2.24) is 4.57 Å². The summed E-state index contributed by atoms with van der Waals surface area (Å²) in [6.45, 7) is 4.29. The Balaban J connectivity index is 2.63. The maximum Gasteiger partial charge on any atom is 0.0625 e. The van der Waals surface area contributed by atoms with Crippen LogP contribution in [0.2, 0.25) is 0 Å². The highest BCUT2D eigenvalue weighted by Gasteiger charge is 2.09. The van der Waals surface area contributed by atoms with E-state index in [9.17, 15) is 0 Å². The van der Waals surface area contributed by atoms with Gasteiger partial charge in [-0.2, -0.15) is 5.26 Å². The molecular weight excluding hydrogens is 196 g/mol. The Morgan fingerprint density at radius 1 is 1.31 bits per heavy atom. The molecule has 0 unspecified atom stereocenters. The van der Waals surface area contributed by atoms with E-state index in [4.69, 9.17) is 5.26 Å². The zero-order valence-corrected chi connectivity index (χ0v) is 10.0. The summed E-state index contributed by atoms with van der Waals surface area (Å²) in [5.41, 5.74) is 5.24. The van der Waals surface area contributed by atoms with Crippen molar-refractivity contribution in [3.05, 3.63) is 35.0 Å². The molecule has 1 heterocycles. The molecule has 0 atom stereocenters. The van der Waals surface area contributed by atoms with Gasteiger partial charge in [0.05, 0.1) is 11.6 Å². The SMILES string of the molecule is Cc1ccc2c(CCC#N)cn(C)c2c1C. The zero-order chi connectivity index (χ0) is 11.7. The van der Waals surface area contributed by atoms with E-state index in [1.165, 1.54) is 27.6 Å². The number of nitrogens with zero attached hydrogens (tertiary/aromatic N) is 2. The number of rotatable bonds is 2.